The maximum atomic E-state index is 12.2. The highest BCUT2D eigenvalue weighted by Gasteiger charge is 2.25. The average Bonchev–Trinajstić information content (AvgIpc) is 2.81. The van der Waals surface area contributed by atoms with E-state index in [1.165, 1.54) is 4.31 Å². The number of aromatic nitrogens is 1. The van der Waals surface area contributed by atoms with Crippen molar-refractivity contribution in [3.63, 3.8) is 0 Å². The van der Waals surface area contributed by atoms with Crippen molar-refractivity contribution in [2.45, 2.75) is 18.9 Å². The molecule has 1 aromatic rings. The Morgan fingerprint density at radius 3 is 2.76 bits per heavy atom. The van der Waals surface area contributed by atoms with Crippen LogP contribution in [0.1, 0.15) is 12.8 Å². The van der Waals surface area contributed by atoms with Gasteiger partial charge in [-0.15, -0.1) is 0 Å². The molecule has 0 aromatic carbocycles. The van der Waals surface area contributed by atoms with Gasteiger partial charge in [0.25, 0.3) is 0 Å². The number of hydrogen-bond acceptors (Lipinski definition) is 4. The molecule has 1 aromatic heterocycles. The van der Waals surface area contributed by atoms with Crippen molar-refractivity contribution in [3.05, 3.63) is 24.5 Å². The Bertz CT molecular complexity index is 455. The number of nitrogens with zero attached hydrogens (tertiary/aromatic N) is 2. The average molecular weight is 255 g/mol. The molecule has 0 saturated carbocycles. The highest BCUT2D eigenvalue weighted by Crippen LogP contribution is 2.17. The van der Waals surface area contributed by atoms with E-state index in [0.29, 0.717) is 5.69 Å². The van der Waals surface area contributed by atoms with Gasteiger partial charge in [-0.2, -0.15) is 0 Å². The minimum absolute atomic E-state index is 0.0873. The Labute approximate surface area is 102 Å². The minimum Gasteiger partial charge on any atom is -0.313 e. The van der Waals surface area contributed by atoms with Crippen molar-refractivity contribution < 1.29 is 8.42 Å². The molecule has 1 saturated heterocycles. The fourth-order valence-electron chi connectivity index (χ4n) is 1.98. The normalized spacial score (nSPS) is 20.4. The van der Waals surface area contributed by atoms with Crippen molar-refractivity contribution in [1.82, 2.24) is 10.3 Å². The molecule has 0 aliphatic carbocycles. The second-order valence-electron chi connectivity index (χ2n) is 4.24. The van der Waals surface area contributed by atoms with Gasteiger partial charge in [-0.05, 0) is 31.5 Å². The number of sulfonamides is 1. The standard InChI is InChI=1S/C11H17N3O2S/c1-14(11-4-7-12-8-5-11)17(15,16)9-10-3-2-6-13-10/h4-5,7-8,10,13H,2-3,6,9H2,1H3. The van der Waals surface area contributed by atoms with E-state index in [-0.39, 0.29) is 11.8 Å². The minimum atomic E-state index is -3.25. The summed E-state index contributed by atoms with van der Waals surface area (Å²) in [6, 6.07) is 3.48. The second-order valence-corrected chi connectivity index (χ2v) is 6.29. The fourth-order valence-corrected chi connectivity index (χ4v) is 3.44. The lowest BCUT2D eigenvalue weighted by molar-refractivity contribution is 0.575. The smallest absolute Gasteiger partial charge is 0.236 e. The van der Waals surface area contributed by atoms with Crippen LogP contribution in [0.2, 0.25) is 0 Å². The van der Waals surface area contributed by atoms with Gasteiger partial charge in [0.15, 0.2) is 0 Å². The fraction of sp³-hybridized carbons (Fsp3) is 0.545. The van der Waals surface area contributed by atoms with Gasteiger partial charge in [0.1, 0.15) is 0 Å². The largest absolute Gasteiger partial charge is 0.313 e. The lowest BCUT2D eigenvalue weighted by Gasteiger charge is -2.21. The molecule has 2 heterocycles. The van der Waals surface area contributed by atoms with Crippen LogP contribution in [0.15, 0.2) is 24.5 Å². The lowest BCUT2D eigenvalue weighted by atomic mass is 10.3. The van der Waals surface area contributed by atoms with Crippen LogP contribution in [0.3, 0.4) is 0 Å². The van der Waals surface area contributed by atoms with E-state index in [0.717, 1.165) is 19.4 Å². The quantitative estimate of drug-likeness (QED) is 0.856. The van der Waals surface area contributed by atoms with E-state index in [2.05, 4.69) is 10.3 Å². The van der Waals surface area contributed by atoms with Crippen molar-refractivity contribution >= 4 is 15.7 Å². The molecular weight excluding hydrogens is 238 g/mol. The molecule has 1 atom stereocenters. The van der Waals surface area contributed by atoms with Crippen LogP contribution >= 0.6 is 0 Å². The summed E-state index contributed by atoms with van der Waals surface area (Å²) in [5, 5.41) is 3.20. The van der Waals surface area contributed by atoms with Crippen molar-refractivity contribution in [2.75, 3.05) is 23.7 Å². The maximum absolute atomic E-state index is 12.2. The molecule has 5 nitrogen and oxygen atoms in total. The third kappa shape index (κ3) is 2.95. The number of rotatable bonds is 4. The summed E-state index contributed by atoms with van der Waals surface area (Å²) in [7, 11) is -1.67. The van der Waals surface area contributed by atoms with Crippen LogP contribution in [0.5, 0.6) is 0 Å². The number of nitrogens with one attached hydrogen (secondary N) is 1. The molecule has 1 N–H and O–H groups in total. The Kier molecular flexibility index (Phi) is 3.63. The number of hydrogen-bond donors (Lipinski definition) is 1. The van der Waals surface area contributed by atoms with Crippen molar-refractivity contribution in [2.24, 2.45) is 0 Å². The second kappa shape index (κ2) is 5.01. The van der Waals surface area contributed by atoms with Gasteiger partial charge in [0.05, 0.1) is 11.4 Å². The monoisotopic (exact) mass is 255 g/mol. The summed E-state index contributed by atoms with van der Waals surface area (Å²) < 4.78 is 25.6. The van der Waals surface area contributed by atoms with E-state index in [4.69, 9.17) is 0 Å². The van der Waals surface area contributed by atoms with Gasteiger partial charge < -0.3 is 5.32 Å². The molecule has 1 aliphatic heterocycles. The van der Waals surface area contributed by atoms with Crippen molar-refractivity contribution in [3.8, 4) is 0 Å². The Morgan fingerprint density at radius 1 is 1.47 bits per heavy atom. The summed E-state index contributed by atoms with van der Waals surface area (Å²) in [5.41, 5.74) is 0.651. The van der Waals surface area contributed by atoms with Crippen LogP contribution in [-0.4, -0.2) is 38.8 Å². The van der Waals surface area contributed by atoms with E-state index >= 15 is 0 Å². The Morgan fingerprint density at radius 2 is 2.18 bits per heavy atom. The van der Waals surface area contributed by atoms with E-state index in [1.807, 2.05) is 0 Å². The molecule has 0 bridgehead atoms. The lowest BCUT2D eigenvalue weighted by Crippen LogP contribution is -2.37. The molecular formula is C11H17N3O2S. The predicted molar refractivity (Wildman–Crippen MR) is 67.5 cm³/mol. The van der Waals surface area contributed by atoms with E-state index in [1.54, 1.807) is 31.6 Å². The van der Waals surface area contributed by atoms with Gasteiger partial charge in [-0.25, -0.2) is 8.42 Å². The summed E-state index contributed by atoms with van der Waals surface area (Å²) >= 11 is 0. The highest BCUT2D eigenvalue weighted by atomic mass is 32.2. The third-order valence-electron chi connectivity index (χ3n) is 3.02. The first-order chi connectivity index (χ1) is 8.09. The first kappa shape index (κ1) is 12.3. The first-order valence-corrected chi connectivity index (χ1v) is 7.30. The maximum Gasteiger partial charge on any atom is 0.236 e. The summed E-state index contributed by atoms with van der Waals surface area (Å²) in [5.74, 6) is 0.159. The molecule has 2 rings (SSSR count). The molecule has 6 heteroatoms. The van der Waals surface area contributed by atoms with Gasteiger partial charge in [-0.3, -0.25) is 9.29 Å². The summed E-state index contributed by atoms with van der Waals surface area (Å²) in [6.07, 6.45) is 5.17. The molecule has 1 aliphatic rings. The molecule has 17 heavy (non-hydrogen) atoms. The van der Waals surface area contributed by atoms with Crippen LogP contribution in [0.4, 0.5) is 5.69 Å². The molecule has 0 amide bonds. The summed E-state index contributed by atoms with van der Waals surface area (Å²) in [4.78, 5) is 3.88. The molecule has 0 radical (unpaired) electrons. The highest BCUT2D eigenvalue weighted by molar-refractivity contribution is 7.92. The van der Waals surface area contributed by atoms with E-state index in [9.17, 15) is 8.42 Å². The number of pyridine rings is 1. The third-order valence-corrected chi connectivity index (χ3v) is 4.89. The van der Waals surface area contributed by atoms with E-state index < -0.39 is 10.0 Å². The number of anilines is 1. The Balaban J connectivity index is 2.09. The van der Waals surface area contributed by atoms with Gasteiger partial charge >= 0.3 is 0 Å². The van der Waals surface area contributed by atoms with Gasteiger partial charge in [0.2, 0.25) is 10.0 Å². The predicted octanol–water partition coefficient (Wildman–Crippen LogP) is 0.600. The topological polar surface area (TPSA) is 62.3 Å². The van der Waals surface area contributed by atoms with Crippen molar-refractivity contribution in [1.29, 1.82) is 0 Å². The zero-order valence-corrected chi connectivity index (χ0v) is 10.7. The van der Waals surface area contributed by atoms with Gasteiger partial charge in [0, 0.05) is 25.5 Å². The van der Waals surface area contributed by atoms with Crippen LogP contribution in [0, 0.1) is 0 Å². The zero-order valence-electron chi connectivity index (χ0n) is 9.83. The van der Waals surface area contributed by atoms with Crippen LogP contribution < -0.4 is 9.62 Å². The zero-order chi connectivity index (χ0) is 12.3. The van der Waals surface area contributed by atoms with Gasteiger partial charge in [-0.1, -0.05) is 0 Å². The van der Waals surface area contributed by atoms with Crippen LogP contribution in [0.25, 0.3) is 0 Å². The Hall–Kier alpha value is -1.14. The summed E-state index contributed by atoms with van der Waals surface area (Å²) in [6.45, 7) is 0.916. The molecule has 1 fully saturated rings. The molecule has 1 unspecified atom stereocenters. The molecule has 0 spiro atoms. The SMILES string of the molecule is CN(c1ccncc1)S(=O)(=O)CC1CCCN1. The van der Waals surface area contributed by atoms with Crippen LogP contribution in [-0.2, 0) is 10.0 Å². The molecule has 94 valence electrons. The first-order valence-electron chi connectivity index (χ1n) is 5.69.